The molecule has 6 nitrogen and oxygen atoms in total. The largest absolute Gasteiger partial charge is 0.444 e. The van der Waals surface area contributed by atoms with Gasteiger partial charge in [0.25, 0.3) is 0 Å². The summed E-state index contributed by atoms with van der Waals surface area (Å²) in [5.41, 5.74) is 0.846. The van der Waals surface area contributed by atoms with E-state index in [0.717, 1.165) is 36.8 Å². The van der Waals surface area contributed by atoms with Crippen LogP contribution in [0.4, 0.5) is 0 Å². The van der Waals surface area contributed by atoms with Gasteiger partial charge in [-0.2, -0.15) is 0 Å². The Morgan fingerprint density at radius 3 is 3.05 bits per heavy atom. The van der Waals surface area contributed by atoms with Gasteiger partial charge in [0.05, 0.1) is 17.1 Å². The van der Waals surface area contributed by atoms with Crippen LogP contribution in [0.15, 0.2) is 28.2 Å². The Bertz CT molecular complexity index is 605. The molecule has 1 fully saturated rings. The number of aromatic nitrogens is 1. The van der Waals surface area contributed by atoms with Crippen LogP contribution in [0.3, 0.4) is 0 Å². The molecule has 0 bridgehead atoms. The van der Waals surface area contributed by atoms with Gasteiger partial charge in [0.15, 0.2) is 0 Å². The van der Waals surface area contributed by atoms with Gasteiger partial charge in [-0.25, -0.2) is 4.98 Å². The number of rotatable bonds is 5. The Morgan fingerprint density at radius 1 is 1.50 bits per heavy atom. The number of nitrogens with zero attached hydrogens (tertiary/aromatic N) is 3. The molecule has 3 heterocycles. The van der Waals surface area contributed by atoms with Gasteiger partial charge in [-0.3, -0.25) is 9.69 Å². The van der Waals surface area contributed by atoms with Gasteiger partial charge in [-0.1, -0.05) is 6.07 Å². The minimum atomic E-state index is 0.172. The Hall–Kier alpha value is -1.70. The first-order valence-corrected chi connectivity index (χ1v) is 8.25. The van der Waals surface area contributed by atoms with E-state index < -0.39 is 0 Å². The first kappa shape index (κ1) is 15.2. The highest BCUT2D eigenvalue weighted by atomic mass is 32.1. The summed E-state index contributed by atoms with van der Waals surface area (Å²) in [4.78, 5) is 21.6. The van der Waals surface area contributed by atoms with Gasteiger partial charge in [0.2, 0.25) is 11.8 Å². The predicted molar refractivity (Wildman–Crippen MR) is 85.6 cm³/mol. The lowest BCUT2D eigenvalue weighted by molar-refractivity contribution is -0.132. The number of thiophene rings is 1. The first-order chi connectivity index (χ1) is 10.7. The summed E-state index contributed by atoms with van der Waals surface area (Å²) in [5, 5.41) is 5.25. The molecule has 2 aromatic heterocycles. The molecule has 118 valence electrons. The van der Waals surface area contributed by atoms with E-state index in [-0.39, 0.29) is 5.91 Å². The number of likely N-dealkylation sites (N-methyl/N-ethyl adjacent to an activating group) is 1. The van der Waals surface area contributed by atoms with E-state index in [2.05, 4.69) is 10.3 Å². The summed E-state index contributed by atoms with van der Waals surface area (Å²) in [6, 6.07) is 3.96. The van der Waals surface area contributed by atoms with E-state index in [1.807, 2.05) is 34.4 Å². The Labute approximate surface area is 133 Å². The van der Waals surface area contributed by atoms with Crippen LogP contribution in [0, 0.1) is 0 Å². The van der Waals surface area contributed by atoms with E-state index >= 15 is 0 Å². The quantitative estimate of drug-likeness (QED) is 0.899. The van der Waals surface area contributed by atoms with Crippen molar-refractivity contribution in [1.82, 2.24) is 20.1 Å². The third-order valence-electron chi connectivity index (χ3n) is 3.59. The molecule has 0 radical (unpaired) electrons. The fraction of sp³-hybridized carbons (Fsp3) is 0.467. The molecule has 0 unspecified atom stereocenters. The van der Waals surface area contributed by atoms with Gasteiger partial charge >= 0.3 is 0 Å². The van der Waals surface area contributed by atoms with Crippen molar-refractivity contribution < 1.29 is 9.21 Å². The summed E-state index contributed by atoms with van der Waals surface area (Å²) in [6.45, 7) is 4.35. The third-order valence-corrected chi connectivity index (χ3v) is 4.45. The van der Waals surface area contributed by atoms with E-state index in [0.29, 0.717) is 19.0 Å². The fourth-order valence-electron chi connectivity index (χ4n) is 2.47. The topological polar surface area (TPSA) is 61.6 Å². The summed E-state index contributed by atoms with van der Waals surface area (Å²) in [7, 11) is 1.93. The average molecular weight is 320 g/mol. The SMILES string of the molecule is CN(CC(=O)N1CCNCC1)Cc1coc(-c2cccs2)n1. The standard InChI is InChI=1S/C15H20N4O2S/c1-18(10-14(20)19-6-4-16-5-7-19)9-12-11-21-15(17-12)13-3-2-8-22-13/h2-3,8,11,16H,4-7,9-10H2,1H3. The molecule has 1 aliphatic heterocycles. The summed E-state index contributed by atoms with van der Waals surface area (Å²) >= 11 is 1.60. The summed E-state index contributed by atoms with van der Waals surface area (Å²) in [5.74, 6) is 0.817. The molecular formula is C15H20N4O2S. The molecule has 0 spiro atoms. The zero-order valence-corrected chi connectivity index (χ0v) is 13.4. The number of hydrogen-bond acceptors (Lipinski definition) is 6. The second-order valence-corrected chi connectivity index (χ2v) is 6.37. The van der Waals surface area contributed by atoms with Crippen LogP contribution in [0.5, 0.6) is 0 Å². The number of carbonyl (C=O) groups is 1. The normalized spacial score (nSPS) is 15.5. The molecule has 1 aliphatic rings. The molecule has 1 amide bonds. The molecule has 0 aliphatic carbocycles. The maximum Gasteiger partial charge on any atom is 0.236 e. The van der Waals surface area contributed by atoms with E-state index in [1.165, 1.54) is 0 Å². The van der Waals surface area contributed by atoms with Crippen LogP contribution in [0.1, 0.15) is 5.69 Å². The maximum absolute atomic E-state index is 12.2. The molecule has 2 aromatic rings. The molecule has 22 heavy (non-hydrogen) atoms. The van der Waals surface area contributed by atoms with Crippen LogP contribution in [-0.2, 0) is 11.3 Å². The lowest BCUT2D eigenvalue weighted by Gasteiger charge is -2.29. The Balaban J connectivity index is 1.53. The molecule has 1 N–H and O–H groups in total. The van der Waals surface area contributed by atoms with Crippen molar-refractivity contribution in [1.29, 1.82) is 0 Å². The number of nitrogens with one attached hydrogen (secondary N) is 1. The highest BCUT2D eigenvalue weighted by molar-refractivity contribution is 7.13. The van der Waals surface area contributed by atoms with Crippen molar-refractivity contribution in [2.45, 2.75) is 6.54 Å². The lowest BCUT2D eigenvalue weighted by atomic mass is 10.3. The second kappa shape index (κ2) is 7.04. The maximum atomic E-state index is 12.2. The van der Waals surface area contributed by atoms with Crippen molar-refractivity contribution in [3.63, 3.8) is 0 Å². The third kappa shape index (κ3) is 3.73. The monoisotopic (exact) mass is 320 g/mol. The lowest BCUT2D eigenvalue weighted by Crippen LogP contribution is -2.49. The second-order valence-electron chi connectivity index (χ2n) is 5.42. The number of piperazine rings is 1. The van der Waals surface area contributed by atoms with Gasteiger partial charge in [-0.15, -0.1) is 11.3 Å². The minimum Gasteiger partial charge on any atom is -0.444 e. The van der Waals surface area contributed by atoms with Crippen molar-refractivity contribution >= 4 is 17.2 Å². The molecule has 0 atom stereocenters. The summed E-state index contributed by atoms with van der Waals surface area (Å²) in [6.07, 6.45) is 1.67. The Morgan fingerprint density at radius 2 is 2.32 bits per heavy atom. The molecule has 0 saturated carbocycles. The number of oxazole rings is 1. The van der Waals surface area contributed by atoms with Crippen LogP contribution >= 0.6 is 11.3 Å². The smallest absolute Gasteiger partial charge is 0.236 e. The highest BCUT2D eigenvalue weighted by Gasteiger charge is 2.18. The van der Waals surface area contributed by atoms with Crippen molar-refractivity contribution in [3.8, 4) is 10.8 Å². The van der Waals surface area contributed by atoms with Crippen LogP contribution in [-0.4, -0.2) is 60.5 Å². The molecular weight excluding hydrogens is 300 g/mol. The predicted octanol–water partition coefficient (Wildman–Crippen LogP) is 1.27. The fourth-order valence-corrected chi connectivity index (χ4v) is 3.13. The van der Waals surface area contributed by atoms with Gasteiger partial charge in [0, 0.05) is 32.7 Å². The average Bonchev–Trinajstić information content (AvgIpc) is 3.19. The minimum absolute atomic E-state index is 0.172. The van der Waals surface area contributed by atoms with Crippen LogP contribution < -0.4 is 5.32 Å². The zero-order chi connectivity index (χ0) is 15.4. The molecule has 7 heteroatoms. The van der Waals surface area contributed by atoms with Crippen molar-refractivity contribution in [2.24, 2.45) is 0 Å². The Kier molecular flexibility index (Phi) is 4.87. The first-order valence-electron chi connectivity index (χ1n) is 7.37. The number of hydrogen-bond donors (Lipinski definition) is 1. The van der Waals surface area contributed by atoms with Gasteiger partial charge < -0.3 is 14.6 Å². The van der Waals surface area contributed by atoms with Crippen molar-refractivity contribution in [3.05, 3.63) is 29.5 Å². The molecule has 3 rings (SSSR count). The number of amides is 1. The van der Waals surface area contributed by atoms with E-state index in [9.17, 15) is 4.79 Å². The zero-order valence-electron chi connectivity index (χ0n) is 12.6. The van der Waals surface area contributed by atoms with Crippen LogP contribution in [0.2, 0.25) is 0 Å². The van der Waals surface area contributed by atoms with E-state index in [4.69, 9.17) is 4.42 Å². The van der Waals surface area contributed by atoms with Gasteiger partial charge in [-0.05, 0) is 18.5 Å². The van der Waals surface area contributed by atoms with Crippen molar-refractivity contribution in [2.75, 3.05) is 39.8 Å². The number of carbonyl (C=O) groups excluding carboxylic acids is 1. The summed E-state index contributed by atoms with van der Waals surface area (Å²) < 4.78 is 5.50. The van der Waals surface area contributed by atoms with Gasteiger partial charge in [0.1, 0.15) is 6.26 Å². The van der Waals surface area contributed by atoms with E-state index in [1.54, 1.807) is 17.6 Å². The highest BCUT2D eigenvalue weighted by Crippen LogP contribution is 2.23. The molecule has 1 saturated heterocycles. The van der Waals surface area contributed by atoms with Crippen LogP contribution in [0.25, 0.3) is 10.8 Å². The molecule has 0 aromatic carbocycles.